The van der Waals surface area contributed by atoms with Crippen LogP contribution in [0.2, 0.25) is 0 Å². The first kappa shape index (κ1) is 13.8. The zero-order valence-electron chi connectivity index (χ0n) is 11.4. The van der Waals surface area contributed by atoms with Gasteiger partial charge in [-0.05, 0) is 19.4 Å². The van der Waals surface area contributed by atoms with Crippen LogP contribution in [0.3, 0.4) is 0 Å². The summed E-state index contributed by atoms with van der Waals surface area (Å²) < 4.78 is 0. The van der Waals surface area contributed by atoms with Crippen LogP contribution in [0.15, 0.2) is 42.1 Å². The minimum atomic E-state index is 0.0356. The molecule has 0 fully saturated rings. The molecule has 1 atom stereocenters. The summed E-state index contributed by atoms with van der Waals surface area (Å²) in [6.45, 7) is 10.5. The first-order chi connectivity index (χ1) is 7.95. The first-order valence-corrected chi connectivity index (χ1v) is 6.08. The molecule has 0 aromatic heterocycles. The predicted octanol–water partition coefficient (Wildman–Crippen LogP) is 4.22. The Kier molecular flexibility index (Phi) is 4.76. The van der Waals surface area contributed by atoms with Crippen molar-refractivity contribution in [1.29, 1.82) is 0 Å². The van der Waals surface area contributed by atoms with Crippen LogP contribution in [0.4, 0.5) is 0 Å². The van der Waals surface area contributed by atoms with Crippen LogP contribution in [0.5, 0.6) is 0 Å². The van der Waals surface area contributed by atoms with Gasteiger partial charge < -0.3 is 0 Å². The van der Waals surface area contributed by atoms with Crippen LogP contribution in [0, 0.1) is 5.41 Å². The number of hydrogen-bond acceptors (Lipinski definition) is 2. The van der Waals surface area contributed by atoms with Crippen LogP contribution in [-0.2, 0) is 4.84 Å². The first-order valence-electron chi connectivity index (χ1n) is 6.08. The lowest BCUT2D eigenvalue weighted by Gasteiger charge is -2.25. The molecule has 94 valence electrons. The predicted molar refractivity (Wildman–Crippen MR) is 72.3 cm³/mol. The highest BCUT2D eigenvalue weighted by atomic mass is 16.7. The monoisotopic (exact) mass is 233 g/mol. The quantitative estimate of drug-likeness (QED) is 0.786. The van der Waals surface area contributed by atoms with Gasteiger partial charge >= 0.3 is 0 Å². The molecule has 0 bridgehead atoms. The minimum Gasteiger partial charge on any atom is -0.270 e. The standard InChI is InChI=1S/C15H23NO/c1-6-14(15(3,4)5)16-17-12(2)13-10-8-7-9-11-13/h6-12,16H,1-5H3/b14-6+. The van der Waals surface area contributed by atoms with Gasteiger partial charge in [0.15, 0.2) is 0 Å². The molecule has 0 aliphatic rings. The van der Waals surface area contributed by atoms with Gasteiger partial charge in [-0.15, -0.1) is 0 Å². The lowest BCUT2D eigenvalue weighted by molar-refractivity contribution is -0.00766. The Morgan fingerprint density at radius 3 is 2.29 bits per heavy atom. The van der Waals surface area contributed by atoms with E-state index in [1.54, 1.807) is 0 Å². The van der Waals surface area contributed by atoms with E-state index in [2.05, 4.69) is 44.5 Å². The molecule has 0 radical (unpaired) electrons. The number of nitrogens with one attached hydrogen (secondary N) is 1. The zero-order valence-corrected chi connectivity index (χ0v) is 11.4. The van der Waals surface area contributed by atoms with Crippen molar-refractivity contribution in [2.45, 2.75) is 40.7 Å². The van der Waals surface area contributed by atoms with E-state index < -0.39 is 0 Å². The number of hydroxylamine groups is 1. The molecule has 0 spiro atoms. The maximum atomic E-state index is 5.69. The molecular formula is C15H23NO. The highest BCUT2D eigenvalue weighted by Crippen LogP contribution is 2.24. The molecule has 1 unspecified atom stereocenters. The maximum absolute atomic E-state index is 5.69. The Balaban J connectivity index is 2.57. The normalized spacial score (nSPS) is 14.5. The van der Waals surface area contributed by atoms with Crippen molar-refractivity contribution < 1.29 is 4.84 Å². The van der Waals surface area contributed by atoms with E-state index >= 15 is 0 Å². The van der Waals surface area contributed by atoms with Gasteiger partial charge in [0, 0.05) is 11.1 Å². The summed E-state index contributed by atoms with van der Waals surface area (Å²) in [5.74, 6) is 0. The molecule has 0 heterocycles. The van der Waals surface area contributed by atoms with E-state index in [4.69, 9.17) is 4.84 Å². The number of rotatable bonds is 4. The topological polar surface area (TPSA) is 21.3 Å². The van der Waals surface area contributed by atoms with E-state index in [-0.39, 0.29) is 11.5 Å². The van der Waals surface area contributed by atoms with Gasteiger partial charge in [-0.1, -0.05) is 57.2 Å². The third-order valence-electron chi connectivity index (χ3n) is 2.71. The van der Waals surface area contributed by atoms with E-state index in [1.807, 2.05) is 32.0 Å². The summed E-state index contributed by atoms with van der Waals surface area (Å²) in [6, 6.07) is 10.2. The largest absolute Gasteiger partial charge is 0.270 e. The smallest absolute Gasteiger partial charge is 0.108 e. The Morgan fingerprint density at radius 2 is 1.82 bits per heavy atom. The fourth-order valence-corrected chi connectivity index (χ4v) is 1.59. The van der Waals surface area contributed by atoms with Crippen LogP contribution >= 0.6 is 0 Å². The molecule has 1 rings (SSSR count). The molecule has 1 aromatic rings. The van der Waals surface area contributed by atoms with Gasteiger partial charge in [-0.25, -0.2) is 0 Å². The molecule has 0 aliphatic carbocycles. The van der Waals surface area contributed by atoms with Crippen LogP contribution in [0.1, 0.15) is 46.3 Å². The molecule has 2 heteroatoms. The third kappa shape index (κ3) is 4.23. The molecule has 17 heavy (non-hydrogen) atoms. The maximum Gasteiger partial charge on any atom is 0.108 e. The van der Waals surface area contributed by atoms with E-state index in [1.165, 1.54) is 5.56 Å². The van der Waals surface area contributed by atoms with Crippen LogP contribution in [0.25, 0.3) is 0 Å². The van der Waals surface area contributed by atoms with Gasteiger partial charge in [0.2, 0.25) is 0 Å². The molecule has 0 amide bonds. The van der Waals surface area contributed by atoms with Gasteiger partial charge in [-0.3, -0.25) is 10.3 Å². The van der Waals surface area contributed by atoms with Crippen LogP contribution in [-0.4, -0.2) is 0 Å². The summed E-state index contributed by atoms with van der Waals surface area (Å²) >= 11 is 0. The Bertz CT molecular complexity index is 362. The highest BCUT2D eigenvalue weighted by Gasteiger charge is 2.17. The van der Waals surface area contributed by atoms with Crippen molar-refractivity contribution >= 4 is 0 Å². The average molecular weight is 233 g/mol. The molecular weight excluding hydrogens is 210 g/mol. The van der Waals surface area contributed by atoms with Gasteiger partial charge in [0.05, 0.1) is 0 Å². The van der Waals surface area contributed by atoms with E-state index in [9.17, 15) is 0 Å². The zero-order chi connectivity index (χ0) is 12.9. The summed E-state index contributed by atoms with van der Waals surface area (Å²) in [4.78, 5) is 5.69. The van der Waals surface area contributed by atoms with Crippen molar-refractivity contribution in [1.82, 2.24) is 5.48 Å². The molecule has 2 nitrogen and oxygen atoms in total. The second-order valence-electron chi connectivity index (χ2n) is 5.23. The SMILES string of the molecule is C/C=C(/NOC(C)c1ccccc1)C(C)(C)C. The highest BCUT2D eigenvalue weighted by molar-refractivity contribution is 5.17. The molecule has 1 N–H and O–H groups in total. The average Bonchev–Trinajstić information content (AvgIpc) is 2.29. The lowest BCUT2D eigenvalue weighted by Crippen LogP contribution is -2.25. The lowest BCUT2D eigenvalue weighted by atomic mass is 9.92. The third-order valence-corrected chi connectivity index (χ3v) is 2.71. The Morgan fingerprint density at radius 1 is 1.24 bits per heavy atom. The van der Waals surface area contributed by atoms with Crippen molar-refractivity contribution in [2.24, 2.45) is 5.41 Å². The molecule has 0 saturated carbocycles. The summed E-state index contributed by atoms with van der Waals surface area (Å²) in [5.41, 5.74) is 5.41. The van der Waals surface area contributed by atoms with Gasteiger partial charge in [0.25, 0.3) is 0 Å². The second-order valence-corrected chi connectivity index (χ2v) is 5.23. The summed E-state index contributed by atoms with van der Waals surface area (Å²) in [5, 5.41) is 0. The fourth-order valence-electron chi connectivity index (χ4n) is 1.59. The Labute approximate surface area is 105 Å². The van der Waals surface area contributed by atoms with E-state index in [0.717, 1.165) is 5.70 Å². The van der Waals surface area contributed by atoms with Crippen molar-refractivity contribution in [3.8, 4) is 0 Å². The van der Waals surface area contributed by atoms with Crippen LogP contribution < -0.4 is 5.48 Å². The molecule has 0 aliphatic heterocycles. The van der Waals surface area contributed by atoms with Gasteiger partial charge in [-0.2, -0.15) is 0 Å². The fraction of sp³-hybridized carbons (Fsp3) is 0.467. The number of allylic oxidation sites excluding steroid dienone is 2. The minimum absolute atomic E-state index is 0.0356. The number of benzene rings is 1. The van der Waals surface area contributed by atoms with Gasteiger partial charge in [0.1, 0.15) is 6.10 Å². The summed E-state index contributed by atoms with van der Waals surface area (Å²) in [7, 11) is 0. The van der Waals surface area contributed by atoms with E-state index in [0.29, 0.717) is 0 Å². The van der Waals surface area contributed by atoms with Crippen molar-refractivity contribution in [3.63, 3.8) is 0 Å². The summed E-state index contributed by atoms with van der Waals surface area (Å²) in [6.07, 6.45) is 2.09. The second kappa shape index (κ2) is 5.87. The Hall–Kier alpha value is -1.28. The molecule has 1 aromatic carbocycles. The molecule has 0 saturated heterocycles. The van der Waals surface area contributed by atoms with Crippen molar-refractivity contribution in [3.05, 3.63) is 47.7 Å². The number of hydrogen-bond donors (Lipinski definition) is 1. The van der Waals surface area contributed by atoms with Crippen molar-refractivity contribution in [2.75, 3.05) is 0 Å².